The van der Waals surface area contributed by atoms with E-state index in [9.17, 15) is 4.79 Å². The lowest BCUT2D eigenvalue weighted by Crippen LogP contribution is -2.37. The zero-order chi connectivity index (χ0) is 16.0. The zero-order valence-electron chi connectivity index (χ0n) is 13.6. The molecule has 0 bridgehead atoms. The highest BCUT2D eigenvalue weighted by molar-refractivity contribution is 6.31. The molecule has 1 N–H and O–H groups in total. The van der Waals surface area contributed by atoms with Crippen LogP contribution in [0.2, 0.25) is 5.02 Å². The third-order valence-corrected chi connectivity index (χ3v) is 3.68. The van der Waals surface area contributed by atoms with E-state index in [1.54, 1.807) is 19.0 Å². The number of carbonyl (C=O) groups is 1. The number of amides is 1. The van der Waals surface area contributed by atoms with Gasteiger partial charge in [0.25, 0.3) is 0 Å². The minimum absolute atomic E-state index is 0.0830. The van der Waals surface area contributed by atoms with Crippen LogP contribution in [0.5, 0.6) is 0 Å². The molecular weight excluding hydrogens is 286 g/mol. The van der Waals surface area contributed by atoms with Gasteiger partial charge >= 0.3 is 0 Å². The highest BCUT2D eigenvalue weighted by Gasteiger charge is 2.16. The van der Waals surface area contributed by atoms with Gasteiger partial charge in [0, 0.05) is 49.5 Å². The second-order valence-electron chi connectivity index (χ2n) is 5.58. The molecule has 0 radical (unpaired) electrons. The standard InChI is InChI=1S/C16H26ClN3O/c1-6-20(11-16(21)19(4)5)15-9-7-8-14(17)13(15)10-18-12(2)3/h7-9,12,18H,6,10-11H2,1-5H3. The van der Waals surface area contributed by atoms with Gasteiger partial charge in [-0.05, 0) is 19.1 Å². The summed E-state index contributed by atoms with van der Waals surface area (Å²) >= 11 is 6.35. The van der Waals surface area contributed by atoms with E-state index in [0.717, 1.165) is 22.8 Å². The van der Waals surface area contributed by atoms with E-state index in [0.29, 0.717) is 19.1 Å². The number of nitrogens with one attached hydrogen (secondary N) is 1. The minimum atomic E-state index is 0.0830. The van der Waals surface area contributed by atoms with Crippen molar-refractivity contribution in [2.24, 2.45) is 0 Å². The number of carbonyl (C=O) groups excluding carboxylic acids is 1. The number of likely N-dealkylation sites (N-methyl/N-ethyl adjacent to an activating group) is 2. The Kier molecular flexibility index (Phi) is 6.99. The molecule has 0 unspecified atom stereocenters. The fourth-order valence-electron chi connectivity index (χ4n) is 2.00. The summed E-state index contributed by atoms with van der Waals surface area (Å²) in [4.78, 5) is 15.7. The van der Waals surface area contributed by atoms with Gasteiger partial charge in [-0.1, -0.05) is 31.5 Å². The molecule has 0 aliphatic heterocycles. The molecule has 0 aromatic heterocycles. The number of nitrogens with zero attached hydrogens (tertiary/aromatic N) is 2. The number of halogens is 1. The van der Waals surface area contributed by atoms with Crippen molar-refractivity contribution >= 4 is 23.2 Å². The molecule has 118 valence electrons. The van der Waals surface area contributed by atoms with Gasteiger partial charge in [-0.25, -0.2) is 0 Å². The average molecular weight is 312 g/mol. The first-order chi connectivity index (χ1) is 9.86. The van der Waals surface area contributed by atoms with Crippen LogP contribution in [0, 0.1) is 0 Å². The predicted molar refractivity (Wildman–Crippen MR) is 90.0 cm³/mol. The monoisotopic (exact) mass is 311 g/mol. The van der Waals surface area contributed by atoms with Crippen molar-refractivity contribution in [3.63, 3.8) is 0 Å². The van der Waals surface area contributed by atoms with Crippen molar-refractivity contribution in [3.05, 3.63) is 28.8 Å². The second kappa shape index (κ2) is 8.25. The number of hydrogen-bond acceptors (Lipinski definition) is 3. The zero-order valence-corrected chi connectivity index (χ0v) is 14.4. The van der Waals surface area contributed by atoms with Gasteiger partial charge in [0.1, 0.15) is 0 Å². The van der Waals surface area contributed by atoms with Crippen molar-refractivity contribution in [1.82, 2.24) is 10.2 Å². The third kappa shape index (κ3) is 5.21. The van der Waals surface area contributed by atoms with Crippen LogP contribution >= 0.6 is 11.6 Å². The molecule has 0 aliphatic rings. The Bertz CT molecular complexity index is 475. The van der Waals surface area contributed by atoms with Crippen molar-refractivity contribution in [2.75, 3.05) is 32.1 Å². The van der Waals surface area contributed by atoms with Crippen molar-refractivity contribution in [3.8, 4) is 0 Å². The van der Waals surface area contributed by atoms with E-state index in [1.165, 1.54) is 0 Å². The maximum atomic E-state index is 12.0. The van der Waals surface area contributed by atoms with Crippen LogP contribution in [-0.4, -0.2) is 44.0 Å². The number of rotatable bonds is 7. The Hall–Kier alpha value is -1.26. The van der Waals surface area contributed by atoms with Gasteiger partial charge < -0.3 is 15.1 Å². The van der Waals surface area contributed by atoms with Crippen LogP contribution in [0.1, 0.15) is 26.3 Å². The first-order valence-corrected chi connectivity index (χ1v) is 7.70. The lowest BCUT2D eigenvalue weighted by molar-refractivity contribution is -0.127. The lowest BCUT2D eigenvalue weighted by Gasteiger charge is -2.27. The van der Waals surface area contributed by atoms with E-state index in [-0.39, 0.29) is 5.91 Å². The van der Waals surface area contributed by atoms with Crippen molar-refractivity contribution in [1.29, 1.82) is 0 Å². The molecule has 1 aromatic carbocycles. The van der Waals surface area contributed by atoms with E-state index in [2.05, 4.69) is 24.1 Å². The molecule has 0 aliphatic carbocycles. The highest BCUT2D eigenvalue weighted by atomic mass is 35.5. The SMILES string of the molecule is CCN(CC(=O)N(C)C)c1cccc(Cl)c1CNC(C)C. The van der Waals surface area contributed by atoms with Gasteiger partial charge in [0.2, 0.25) is 5.91 Å². The fraction of sp³-hybridized carbons (Fsp3) is 0.562. The maximum absolute atomic E-state index is 12.0. The van der Waals surface area contributed by atoms with Crippen molar-refractivity contribution < 1.29 is 4.79 Å². The molecule has 0 saturated carbocycles. The first-order valence-electron chi connectivity index (χ1n) is 7.32. The lowest BCUT2D eigenvalue weighted by atomic mass is 10.1. The Balaban J connectivity index is 3.02. The number of anilines is 1. The van der Waals surface area contributed by atoms with E-state index in [1.807, 2.05) is 25.1 Å². The van der Waals surface area contributed by atoms with E-state index >= 15 is 0 Å². The van der Waals surface area contributed by atoms with Gasteiger partial charge in [-0.2, -0.15) is 0 Å². The maximum Gasteiger partial charge on any atom is 0.241 e. The highest BCUT2D eigenvalue weighted by Crippen LogP contribution is 2.27. The number of hydrogen-bond donors (Lipinski definition) is 1. The number of benzene rings is 1. The summed E-state index contributed by atoms with van der Waals surface area (Å²) in [6, 6.07) is 6.23. The van der Waals surface area contributed by atoms with Crippen molar-refractivity contribution in [2.45, 2.75) is 33.4 Å². The van der Waals surface area contributed by atoms with Crippen LogP contribution in [0.15, 0.2) is 18.2 Å². The van der Waals surface area contributed by atoms with Crippen LogP contribution < -0.4 is 10.2 Å². The van der Waals surface area contributed by atoms with Gasteiger partial charge in [-0.15, -0.1) is 0 Å². The summed E-state index contributed by atoms with van der Waals surface area (Å²) in [5.74, 6) is 0.0830. The Morgan fingerprint density at radius 3 is 2.52 bits per heavy atom. The normalized spacial score (nSPS) is 10.8. The topological polar surface area (TPSA) is 35.6 Å². The van der Waals surface area contributed by atoms with E-state index in [4.69, 9.17) is 11.6 Å². The summed E-state index contributed by atoms with van der Waals surface area (Å²) in [6.45, 7) is 8.06. The van der Waals surface area contributed by atoms with Crippen LogP contribution in [0.3, 0.4) is 0 Å². The summed E-state index contributed by atoms with van der Waals surface area (Å²) in [6.07, 6.45) is 0. The quantitative estimate of drug-likeness (QED) is 0.841. The van der Waals surface area contributed by atoms with Gasteiger partial charge in [0.05, 0.1) is 6.54 Å². The summed E-state index contributed by atoms with van der Waals surface area (Å²) < 4.78 is 0. The smallest absolute Gasteiger partial charge is 0.241 e. The second-order valence-corrected chi connectivity index (χ2v) is 5.98. The average Bonchev–Trinajstić information content (AvgIpc) is 2.42. The molecular formula is C16H26ClN3O. The van der Waals surface area contributed by atoms with Crippen LogP contribution in [-0.2, 0) is 11.3 Å². The molecule has 1 rings (SSSR count). The summed E-state index contributed by atoms with van der Waals surface area (Å²) in [5.41, 5.74) is 2.06. The molecule has 0 saturated heterocycles. The van der Waals surface area contributed by atoms with Crippen LogP contribution in [0.25, 0.3) is 0 Å². The Morgan fingerprint density at radius 1 is 1.33 bits per heavy atom. The Morgan fingerprint density at radius 2 is 2.00 bits per heavy atom. The third-order valence-electron chi connectivity index (χ3n) is 3.33. The molecule has 0 fully saturated rings. The Labute approximate surface area is 133 Å². The first kappa shape index (κ1) is 17.8. The van der Waals surface area contributed by atoms with Gasteiger partial charge in [-0.3, -0.25) is 4.79 Å². The predicted octanol–water partition coefficient (Wildman–Crippen LogP) is 2.75. The molecule has 4 nitrogen and oxygen atoms in total. The van der Waals surface area contributed by atoms with E-state index < -0.39 is 0 Å². The molecule has 5 heteroatoms. The minimum Gasteiger partial charge on any atom is -0.362 e. The van der Waals surface area contributed by atoms with Crippen LogP contribution in [0.4, 0.5) is 5.69 Å². The molecule has 1 aromatic rings. The molecule has 0 heterocycles. The summed E-state index contributed by atoms with van der Waals surface area (Å²) in [5, 5.41) is 4.12. The molecule has 0 atom stereocenters. The molecule has 21 heavy (non-hydrogen) atoms. The largest absolute Gasteiger partial charge is 0.362 e. The molecule has 1 amide bonds. The fourth-order valence-corrected chi connectivity index (χ4v) is 2.23. The molecule has 0 spiro atoms. The summed E-state index contributed by atoms with van der Waals surface area (Å²) in [7, 11) is 3.55. The van der Waals surface area contributed by atoms with Gasteiger partial charge in [0.15, 0.2) is 0 Å².